The lowest BCUT2D eigenvalue weighted by Crippen LogP contribution is -2.16. The minimum absolute atomic E-state index is 0.242. The number of amides is 2. The number of nitrogens with one attached hydrogen (secondary N) is 2. The fourth-order valence-electron chi connectivity index (χ4n) is 2.98. The number of hydrogen-bond donors (Lipinski definition) is 2. The van der Waals surface area contributed by atoms with Crippen LogP contribution >= 0.6 is 0 Å². The van der Waals surface area contributed by atoms with E-state index in [1.54, 1.807) is 36.4 Å². The van der Waals surface area contributed by atoms with Crippen LogP contribution in [0, 0.1) is 0 Å². The van der Waals surface area contributed by atoms with E-state index in [9.17, 15) is 19.2 Å². The number of rotatable bonds is 9. The zero-order valence-electron chi connectivity index (χ0n) is 17.3. The average Bonchev–Trinajstić information content (AvgIpc) is 2.66. The third-order valence-electron chi connectivity index (χ3n) is 4.10. The van der Waals surface area contributed by atoms with Gasteiger partial charge in [-0.2, -0.15) is 0 Å². The van der Waals surface area contributed by atoms with Gasteiger partial charge in [-0.05, 0) is 26.0 Å². The summed E-state index contributed by atoms with van der Waals surface area (Å²) in [7, 11) is 2.93. The number of anilines is 2. The molecule has 0 aliphatic carbocycles. The average molecular weight is 412 g/mol. The Labute approximate surface area is 174 Å². The monoisotopic (exact) mass is 412 g/mol. The molecule has 0 bridgehead atoms. The van der Waals surface area contributed by atoms with E-state index in [4.69, 9.17) is 9.47 Å². The molecular formula is C22H24N2O6. The van der Waals surface area contributed by atoms with E-state index in [2.05, 4.69) is 10.6 Å². The minimum Gasteiger partial charge on any atom is -0.494 e. The second kappa shape index (κ2) is 10.2. The van der Waals surface area contributed by atoms with Gasteiger partial charge in [0.1, 0.15) is 23.1 Å². The van der Waals surface area contributed by atoms with Gasteiger partial charge in [0.25, 0.3) is 0 Å². The largest absolute Gasteiger partial charge is 0.494 e. The van der Waals surface area contributed by atoms with Crippen molar-refractivity contribution in [1.29, 1.82) is 0 Å². The van der Waals surface area contributed by atoms with Crippen LogP contribution in [-0.2, 0) is 19.2 Å². The van der Waals surface area contributed by atoms with Crippen LogP contribution < -0.4 is 20.1 Å². The zero-order valence-corrected chi connectivity index (χ0v) is 17.3. The Morgan fingerprint density at radius 3 is 1.37 bits per heavy atom. The molecule has 0 unspecified atom stereocenters. The van der Waals surface area contributed by atoms with Gasteiger partial charge in [0, 0.05) is 11.1 Å². The molecule has 0 radical (unpaired) electrons. The van der Waals surface area contributed by atoms with Crippen molar-refractivity contribution in [3.8, 4) is 22.6 Å². The first kappa shape index (κ1) is 22.6. The number of ether oxygens (including phenoxy) is 2. The van der Waals surface area contributed by atoms with Crippen molar-refractivity contribution < 1.29 is 28.7 Å². The second-order valence-electron chi connectivity index (χ2n) is 6.63. The molecule has 0 atom stereocenters. The van der Waals surface area contributed by atoms with Gasteiger partial charge < -0.3 is 20.1 Å². The summed E-state index contributed by atoms with van der Waals surface area (Å²) in [4.78, 5) is 46.5. The van der Waals surface area contributed by atoms with Gasteiger partial charge in [-0.15, -0.1) is 0 Å². The van der Waals surface area contributed by atoms with Crippen molar-refractivity contribution in [3.63, 3.8) is 0 Å². The van der Waals surface area contributed by atoms with Crippen LogP contribution in [0.4, 0.5) is 11.4 Å². The van der Waals surface area contributed by atoms with Gasteiger partial charge in [-0.25, -0.2) is 0 Å². The predicted molar refractivity (Wildman–Crippen MR) is 113 cm³/mol. The lowest BCUT2D eigenvalue weighted by atomic mass is 10.0. The summed E-state index contributed by atoms with van der Waals surface area (Å²) < 4.78 is 11.0. The molecule has 8 heteroatoms. The lowest BCUT2D eigenvalue weighted by Gasteiger charge is -2.18. The van der Waals surface area contributed by atoms with Gasteiger partial charge in [0.15, 0.2) is 0 Å². The summed E-state index contributed by atoms with van der Waals surface area (Å²) in [5.74, 6) is -0.651. The van der Waals surface area contributed by atoms with E-state index in [0.29, 0.717) is 34.0 Å². The van der Waals surface area contributed by atoms with Crippen molar-refractivity contribution in [1.82, 2.24) is 0 Å². The van der Waals surface area contributed by atoms with Crippen LogP contribution in [0.15, 0.2) is 36.4 Å². The number of hydrogen-bond acceptors (Lipinski definition) is 6. The Balaban J connectivity index is 2.48. The van der Waals surface area contributed by atoms with Crippen LogP contribution in [-0.4, -0.2) is 37.6 Å². The molecular weight excluding hydrogens is 388 g/mol. The molecule has 0 saturated carbocycles. The first-order chi connectivity index (χ1) is 14.3. The van der Waals surface area contributed by atoms with E-state index in [1.165, 1.54) is 28.1 Å². The highest BCUT2D eigenvalue weighted by molar-refractivity contribution is 6.06. The summed E-state index contributed by atoms with van der Waals surface area (Å²) in [5.41, 5.74) is 2.01. The molecule has 0 heterocycles. The van der Waals surface area contributed by atoms with Crippen LogP contribution in [0.1, 0.15) is 26.7 Å². The first-order valence-electron chi connectivity index (χ1n) is 9.19. The molecule has 158 valence electrons. The van der Waals surface area contributed by atoms with Crippen molar-refractivity contribution in [3.05, 3.63) is 36.4 Å². The molecule has 2 amide bonds. The number of ketones is 2. The number of carbonyl (C=O) groups is 4. The SMILES string of the molecule is COc1c(NC(=O)CC(C)=O)cccc1-c1cccc(NC(=O)CC(C)=O)c1OC. The molecule has 0 saturated heterocycles. The molecule has 0 spiro atoms. The molecule has 0 aromatic heterocycles. The van der Waals surface area contributed by atoms with E-state index >= 15 is 0 Å². The third-order valence-corrected chi connectivity index (χ3v) is 4.10. The van der Waals surface area contributed by atoms with Gasteiger partial charge in [-0.3, -0.25) is 19.2 Å². The van der Waals surface area contributed by atoms with Crippen molar-refractivity contribution in [2.45, 2.75) is 26.7 Å². The maximum absolute atomic E-state index is 12.0. The zero-order chi connectivity index (χ0) is 22.3. The summed E-state index contributed by atoms with van der Waals surface area (Å²) in [6.07, 6.45) is -0.483. The van der Waals surface area contributed by atoms with Crippen LogP contribution in [0.25, 0.3) is 11.1 Å². The molecule has 2 N–H and O–H groups in total. The smallest absolute Gasteiger partial charge is 0.231 e. The van der Waals surface area contributed by atoms with Gasteiger partial charge in [0.05, 0.1) is 38.4 Å². The fraction of sp³-hybridized carbons (Fsp3) is 0.273. The van der Waals surface area contributed by atoms with Gasteiger partial charge in [0.2, 0.25) is 11.8 Å². The highest BCUT2D eigenvalue weighted by Gasteiger charge is 2.19. The molecule has 2 aromatic rings. The Hall–Kier alpha value is -3.68. The maximum Gasteiger partial charge on any atom is 0.231 e. The molecule has 0 fully saturated rings. The quantitative estimate of drug-likeness (QED) is 0.612. The summed E-state index contributed by atoms with van der Waals surface area (Å²) in [6, 6.07) is 10.3. The Morgan fingerprint density at radius 1 is 0.700 bits per heavy atom. The summed E-state index contributed by atoms with van der Waals surface area (Å²) in [6.45, 7) is 2.67. The van der Waals surface area contributed by atoms with Crippen LogP contribution in [0.5, 0.6) is 11.5 Å². The fourth-order valence-corrected chi connectivity index (χ4v) is 2.98. The van der Waals surface area contributed by atoms with Crippen molar-refractivity contribution in [2.24, 2.45) is 0 Å². The van der Waals surface area contributed by atoms with Crippen LogP contribution in [0.3, 0.4) is 0 Å². The van der Waals surface area contributed by atoms with Crippen molar-refractivity contribution in [2.75, 3.05) is 24.9 Å². The number of para-hydroxylation sites is 2. The van der Waals surface area contributed by atoms with E-state index in [-0.39, 0.29) is 24.4 Å². The number of benzene rings is 2. The van der Waals surface area contributed by atoms with E-state index in [0.717, 1.165) is 0 Å². The second-order valence-corrected chi connectivity index (χ2v) is 6.63. The summed E-state index contributed by atoms with van der Waals surface area (Å²) in [5, 5.41) is 5.35. The Bertz CT molecular complexity index is 904. The lowest BCUT2D eigenvalue weighted by molar-refractivity contribution is -0.125. The molecule has 30 heavy (non-hydrogen) atoms. The van der Waals surface area contributed by atoms with Gasteiger partial charge >= 0.3 is 0 Å². The standard InChI is InChI=1S/C22H24N2O6/c1-13(25)11-19(27)23-17-9-5-7-15(21(17)29-3)16-8-6-10-18(22(16)30-4)24-20(28)12-14(2)26/h5-10H,11-12H2,1-4H3,(H,23,27)(H,24,28). The Kier molecular flexibility index (Phi) is 7.69. The third kappa shape index (κ3) is 5.66. The van der Waals surface area contributed by atoms with Crippen molar-refractivity contribution >= 4 is 34.8 Å². The molecule has 0 aliphatic heterocycles. The molecule has 2 rings (SSSR count). The van der Waals surface area contributed by atoms with E-state index < -0.39 is 11.8 Å². The number of Topliss-reactive ketones (excluding diaryl/α,β-unsaturated/α-hetero) is 2. The molecule has 8 nitrogen and oxygen atoms in total. The van der Waals surface area contributed by atoms with E-state index in [1.807, 2.05) is 0 Å². The first-order valence-corrected chi connectivity index (χ1v) is 9.19. The number of carbonyl (C=O) groups excluding carboxylic acids is 4. The minimum atomic E-state index is -0.449. The Morgan fingerprint density at radius 2 is 1.07 bits per heavy atom. The molecule has 2 aromatic carbocycles. The van der Waals surface area contributed by atoms with Crippen LogP contribution in [0.2, 0.25) is 0 Å². The highest BCUT2D eigenvalue weighted by atomic mass is 16.5. The topological polar surface area (TPSA) is 111 Å². The number of methoxy groups -OCH3 is 2. The maximum atomic E-state index is 12.0. The van der Waals surface area contributed by atoms with Gasteiger partial charge in [-0.1, -0.05) is 24.3 Å². The normalized spacial score (nSPS) is 10.1. The molecule has 0 aliphatic rings. The highest BCUT2D eigenvalue weighted by Crippen LogP contribution is 2.43. The summed E-state index contributed by atoms with van der Waals surface area (Å²) >= 11 is 0. The predicted octanol–water partition coefficient (Wildman–Crippen LogP) is 3.21.